The highest BCUT2D eigenvalue weighted by molar-refractivity contribution is 6.34. The van der Waals surface area contributed by atoms with Gasteiger partial charge in [0.2, 0.25) is 0 Å². The predicted octanol–water partition coefficient (Wildman–Crippen LogP) is 6.40. The zero-order valence-electron chi connectivity index (χ0n) is 16.2. The van der Waals surface area contributed by atoms with Crippen LogP contribution in [0.5, 0.6) is 0 Å². The number of anilines is 1. The monoisotopic (exact) mass is 415 g/mol. The summed E-state index contributed by atoms with van der Waals surface area (Å²) in [5.41, 5.74) is 4.14. The van der Waals surface area contributed by atoms with Gasteiger partial charge in [0.1, 0.15) is 5.82 Å². The lowest BCUT2D eigenvalue weighted by Gasteiger charge is -2.56. The van der Waals surface area contributed by atoms with E-state index in [1.165, 1.54) is 68.4 Å². The molecule has 0 atom stereocenters. The summed E-state index contributed by atoms with van der Waals surface area (Å²) in [5.74, 6) is 3.95. The van der Waals surface area contributed by atoms with E-state index in [4.69, 9.17) is 28.3 Å². The number of halogens is 2. The lowest BCUT2D eigenvalue weighted by Crippen LogP contribution is -2.49. The molecule has 4 bridgehead atoms. The molecule has 148 valence electrons. The van der Waals surface area contributed by atoms with Gasteiger partial charge in [0.25, 0.3) is 0 Å². The van der Waals surface area contributed by atoms with Crippen LogP contribution in [0.15, 0.2) is 18.2 Å². The first-order valence-electron chi connectivity index (χ1n) is 10.9. The maximum Gasteiger partial charge on any atom is 0.133 e. The number of fused-ring (bicyclic) bond motifs is 1. The normalized spacial score (nSPS) is 33.4. The summed E-state index contributed by atoms with van der Waals surface area (Å²) in [6.07, 6.45) is 12.0. The molecule has 1 aliphatic heterocycles. The Kier molecular flexibility index (Phi) is 4.04. The average molecular weight is 416 g/mol. The smallest absolute Gasteiger partial charge is 0.133 e. The van der Waals surface area contributed by atoms with E-state index in [2.05, 4.69) is 10.00 Å². The third-order valence-corrected chi connectivity index (χ3v) is 8.20. The van der Waals surface area contributed by atoms with Gasteiger partial charge in [0, 0.05) is 27.6 Å². The molecule has 28 heavy (non-hydrogen) atoms. The van der Waals surface area contributed by atoms with Crippen LogP contribution in [0.2, 0.25) is 10.0 Å². The fraction of sp³-hybridized carbons (Fsp3) is 0.609. The van der Waals surface area contributed by atoms with Crippen molar-refractivity contribution in [3.05, 3.63) is 39.5 Å². The molecule has 5 heteroatoms. The summed E-state index contributed by atoms with van der Waals surface area (Å²) in [6, 6.07) is 5.76. The Bertz CT molecular complexity index is 877. The number of nitrogens with zero attached hydrogens (tertiary/aromatic N) is 2. The van der Waals surface area contributed by atoms with Gasteiger partial charge in [0.05, 0.1) is 11.4 Å². The van der Waals surface area contributed by atoms with Gasteiger partial charge in [0.15, 0.2) is 0 Å². The molecule has 5 aliphatic rings. The molecular formula is C23H27Cl2N3. The highest BCUT2D eigenvalue weighted by Crippen LogP contribution is 2.61. The molecule has 4 fully saturated rings. The first kappa shape index (κ1) is 17.7. The average Bonchev–Trinajstić information content (AvgIpc) is 2.83. The Morgan fingerprint density at radius 1 is 0.929 bits per heavy atom. The highest BCUT2D eigenvalue weighted by Gasteiger charge is 2.53. The number of nitrogens with one attached hydrogen (secondary N) is 1. The molecule has 2 heterocycles. The molecule has 0 unspecified atom stereocenters. The summed E-state index contributed by atoms with van der Waals surface area (Å²) in [7, 11) is 0. The number of benzene rings is 1. The topological polar surface area (TPSA) is 29.9 Å². The summed E-state index contributed by atoms with van der Waals surface area (Å²) in [5, 5.41) is 10.3. The van der Waals surface area contributed by atoms with Crippen LogP contribution < -0.4 is 5.32 Å². The van der Waals surface area contributed by atoms with Gasteiger partial charge in [-0.05, 0) is 93.7 Å². The number of aromatic nitrogens is 2. The van der Waals surface area contributed by atoms with Gasteiger partial charge in [-0.15, -0.1) is 0 Å². The van der Waals surface area contributed by atoms with Crippen LogP contribution in [0.3, 0.4) is 0 Å². The molecule has 2 aromatic rings. The van der Waals surface area contributed by atoms with Crippen molar-refractivity contribution in [1.82, 2.24) is 9.78 Å². The standard InChI is InChI=1S/C23H27Cl2N3/c24-17-8-18(25)10-19(9-17)28-22-20(3-1-2-4-26-22)21(27-28)23-11-14-5-15(12-23)7-16(6-14)13-23/h8-10,14-16,26H,1-7,11-13H2. The Morgan fingerprint density at radius 2 is 1.57 bits per heavy atom. The van der Waals surface area contributed by atoms with E-state index >= 15 is 0 Å². The van der Waals surface area contributed by atoms with Crippen LogP contribution in [0.25, 0.3) is 5.69 Å². The van der Waals surface area contributed by atoms with Crippen LogP contribution in [0.1, 0.15) is 62.6 Å². The Balaban J connectivity index is 1.52. The van der Waals surface area contributed by atoms with E-state index in [1.807, 2.05) is 12.1 Å². The van der Waals surface area contributed by atoms with E-state index < -0.39 is 0 Å². The third-order valence-electron chi connectivity index (χ3n) is 7.76. The SMILES string of the molecule is Clc1cc(Cl)cc(-n2nc(C34CC5CC(CC(C5)C3)C4)c3c2NCCCC3)c1. The minimum Gasteiger partial charge on any atom is -0.370 e. The molecule has 0 amide bonds. The first-order valence-corrected chi connectivity index (χ1v) is 11.7. The predicted molar refractivity (Wildman–Crippen MR) is 115 cm³/mol. The second-order valence-corrected chi connectivity index (χ2v) is 10.7. The number of hydrogen-bond donors (Lipinski definition) is 1. The maximum atomic E-state index is 6.33. The lowest BCUT2D eigenvalue weighted by molar-refractivity contribution is -0.00773. The molecule has 4 aliphatic carbocycles. The van der Waals surface area contributed by atoms with Crippen molar-refractivity contribution in [3.8, 4) is 5.69 Å². The van der Waals surface area contributed by atoms with Gasteiger partial charge >= 0.3 is 0 Å². The maximum absolute atomic E-state index is 6.33. The zero-order chi connectivity index (χ0) is 18.9. The number of hydrogen-bond acceptors (Lipinski definition) is 2. The molecule has 0 saturated heterocycles. The molecule has 1 aromatic carbocycles. The van der Waals surface area contributed by atoms with Gasteiger partial charge in [-0.25, -0.2) is 4.68 Å². The van der Waals surface area contributed by atoms with Crippen molar-refractivity contribution in [3.63, 3.8) is 0 Å². The van der Waals surface area contributed by atoms with Crippen molar-refractivity contribution in [2.45, 2.75) is 63.2 Å². The minimum atomic E-state index is 0.304. The van der Waals surface area contributed by atoms with Crippen LogP contribution in [-0.2, 0) is 11.8 Å². The van der Waals surface area contributed by atoms with Gasteiger partial charge in [-0.2, -0.15) is 5.10 Å². The van der Waals surface area contributed by atoms with Gasteiger partial charge in [-0.1, -0.05) is 23.2 Å². The molecule has 1 N–H and O–H groups in total. The van der Waals surface area contributed by atoms with Gasteiger partial charge in [-0.3, -0.25) is 0 Å². The summed E-state index contributed by atoms with van der Waals surface area (Å²) < 4.78 is 2.10. The summed E-state index contributed by atoms with van der Waals surface area (Å²) in [6.45, 7) is 1.01. The highest BCUT2D eigenvalue weighted by atomic mass is 35.5. The summed E-state index contributed by atoms with van der Waals surface area (Å²) >= 11 is 12.7. The fourth-order valence-electron chi connectivity index (χ4n) is 7.18. The fourth-order valence-corrected chi connectivity index (χ4v) is 7.69. The van der Waals surface area contributed by atoms with Gasteiger partial charge < -0.3 is 5.32 Å². The van der Waals surface area contributed by atoms with Crippen molar-refractivity contribution >= 4 is 29.0 Å². The summed E-state index contributed by atoms with van der Waals surface area (Å²) in [4.78, 5) is 0. The quantitative estimate of drug-likeness (QED) is 0.614. The lowest BCUT2D eigenvalue weighted by atomic mass is 9.48. The van der Waals surface area contributed by atoms with Crippen LogP contribution in [-0.4, -0.2) is 16.3 Å². The molecule has 3 nitrogen and oxygen atoms in total. The van der Waals surface area contributed by atoms with Crippen molar-refractivity contribution in [1.29, 1.82) is 0 Å². The third kappa shape index (κ3) is 2.73. The molecule has 7 rings (SSSR count). The largest absolute Gasteiger partial charge is 0.370 e. The molecular weight excluding hydrogens is 389 g/mol. The van der Waals surface area contributed by atoms with Crippen LogP contribution >= 0.6 is 23.2 Å². The van der Waals surface area contributed by atoms with E-state index in [1.54, 1.807) is 6.07 Å². The molecule has 0 spiro atoms. The molecule has 1 aromatic heterocycles. The minimum absolute atomic E-state index is 0.304. The van der Waals surface area contributed by atoms with E-state index in [-0.39, 0.29) is 0 Å². The van der Waals surface area contributed by atoms with E-state index in [0.29, 0.717) is 15.5 Å². The first-order chi connectivity index (χ1) is 13.6. The van der Waals surface area contributed by atoms with E-state index in [9.17, 15) is 0 Å². The van der Waals surface area contributed by atoms with Crippen LogP contribution in [0, 0.1) is 17.8 Å². The second-order valence-electron chi connectivity index (χ2n) is 9.80. The zero-order valence-corrected chi connectivity index (χ0v) is 17.7. The number of rotatable bonds is 2. The van der Waals surface area contributed by atoms with Crippen molar-refractivity contribution in [2.24, 2.45) is 17.8 Å². The molecule has 4 saturated carbocycles. The Morgan fingerprint density at radius 3 is 2.21 bits per heavy atom. The van der Waals surface area contributed by atoms with Crippen molar-refractivity contribution in [2.75, 3.05) is 11.9 Å². The van der Waals surface area contributed by atoms with Crippen molar-refractivity contribution < 1.29 is 0 Å². The second kappa shape index (κ2) is 6.40. The van der Waals surface area contributed by atoms with E-state index in [0.717, 1.165) is 36.4 Å². The molecule has 0 radical (unpaired) electrons. The Labute approximate surface area is 176 Å². The van der Waals surface area contributed by atoms with Crippen LogP contribution in [0.4, 0.5) is 5.82 Å². The Hall–Kier alpha value is -1.19.